The number of rotatable bonds is 3. The lowest BCUT2D eigenvalue weighted by Gasteiger charge is -2.10. The van der Waals surface area contributed by atoms with Crippen LogP contribution in [0.2, 0.25) is 0 Å². The van der Waals surface area contributed by atoms with E-state index in [1.807, 2.05) is 55.5 Å². The average Bonchev–Trinajstić information content (AvgIpc) is 2.49. The average molecular weight is 280 g/mol. The van der Waals surface area contributed by atoms with Crippen molar-refractivity contribution in [1.29, 1.82) is 0 Å². The Kier molecular flexibility index (Phi) is 3.36. The predicted molar refractivity (Wildman–Crippen MR) is 84.0 cm³/mol. The number of methoxy groups -OCH3 is 1. The topological polar surface area (TPSA) is 57.4 Å². The summed E-state index contributed by atoms with van der Waals surface area (Å²) in [5.74, 6) is 1.86. The Balaban J connectivity index is 1.96. The number of hydrogen-bond donors (Lipinski definition) is 1. The highest BCUT2D eigenvalue weighted by atomic mass is 16.5. The molecule has 21 heavy (non-hydrogen) atoms. The Labute approximate surface area is 123 Å². The molecule has 0 unspecified atom stereocenters. The van der Waals surface area contributed by atoms with E-state index in [0.29, 0.717) is 17.4 Å². The fourth-order valence-electron chi connectivity index (χ4n) is 2.15. The Morgan fingerprint density at radius 2 is 1.81 bits per heavy atom. The third-order valence-corrected chi connectivity index (χ3v) is 3.22. The van der Waals surface area contributed by atoms with Crippen LogP contribution in [0.3, 0.4) is 0 Å². The Morgan fingerprint density at radius 3 is 2.62 bits per heavy atom. The molecule has 0 aliphatic carbocycles. The molecule has 0 aliphatic heterocycles. The molecule has 4 heteroatoms. The summed E-state index contributed by atoms with van der Waals surface area (Å²) in [6.45, 7) is 2.00. The fourth-order valence-corrected chi connectivity index (χ4v) is 2.15. The number of anilines is 1. The van der Waals surface area contributed by atoms with Gasteiger partial charge in [0.05, 0.1) is 12.6 Å². The molecule has 0 atom stereocenters. The highest BCUT2D eigenvalue weighted by Crippen LogP contribution is 2.32. The minimum atomic E-state index is 0.523. The molecule has 2 N–H and O–H groups in total. The lowest BCUT2D eigenvalue weighted by atomic mass is 10.2. The van der Waals surface area contributed by atoms with Crippen molar-refractivity contribution in [3.8, 4) is 17.4 Å². The van der Waals surface area contributed by atoms with Crippen LogP contribution in [0.5, 0.6) is 17.4 Å². The first kappa shape index (κ1) is 13.2. The lowest BCUT2D eigenvalue weighted by molar-refractivity contribution is 0.374. The third-order valence-electron chi connectivity index (χ3n) is 3.22. The van der Waals surface area contributed by atoms with Crippen LogP contribution in [0.25, 0.3) is 10.9 Å². The molecule has 0 spiro atoms. The molecule has 0 fully saturated rings. The summed E-state index contributed by atoms with van der Waals surface area (Å²) in [5, 5.41) is 0.984. The summed E-state index contributed by atoms with van der Waals surface area (Å²) >= 11 is 0. The summed E-state index contributed by atoms with van der Waals surface area (Å²) in [4.78, 5) is 4.48. The minimum absolute atomic E-state index is 0.523. The van der Waals surface area contributed by atoms with Crippen LogP contribution in [-0.4, -0.2) is 12.1 Å². The van der Waals surface area contributed by atoms with Crippen molar-refractivity contribution in [3.63, 3.8) is 0 Å². The van der Waals surface area contributed by atoms with Gasteiger partial charge in [-0.25, -0.2) is 4.98 Å². The molecule has 4 nitrogen and oxygen atoms in total. The first-order valence-electron chi connectivity index (χ1n) is 6.64. The van der Waals surface area contributed by atoms with E-state index in [1.165, 1.54) is 0 Å². The monoisotopic (exact) mass is 280 g/mol. The third kappa shape index (κ3) is 2.74. The number of ether oxygens (including phenoxy) is 2. The molecule has 1 aromatic heterocycles. The summed E-state index contributed by atoms with van der Waals surface area (Å²) in [6, 6.07) is 15.1. The highest BCUT2D eigenvalue weighted by molar-refractivity contribution is 5.82. The van der Waals surface area contributed by atoms with E-state index in [2.05, 4.69) is 4.98 Å². The number of pyridine rings is 1. The van der Waals surface area contributed by atoms with Gasteiger partial charge < -0.3 is 15.2 Å². The number of aromatic nitrogens is 1. The number of nitrogen functional groups attached to an aromatic ring is 1. The van der Waals surface area contributed by atoms with Crippen LogP contribution < -0.4 is 15.2 Å². The quantitative estimate of drug-likeness (QED) is 0.739. The van der Waals surface area contributed by atoms with Crippen LogP contribution in [-0.2, 0) is 0 Å². The SMILES string of the molecule is COc1cc(C)ccc1Oc1ccc2cc(N)ccc2n1. The largest absolute Gasteiger partial charge is 0.493 e. The van der Waals surface area contributed by atoms with Gasteiger partial charge in [0.1, 0.15) is 0 Å². The van der Waals surface area contributed by atoms with Gasteiger partial charge in [0.15, 0.2) is 11.5 Å². The van der Waals surface area contributed by atoms with Gasteiger partial charge in [-0.3, -0.25) is 0 Å². The Bertz CT molecular complexity index is 800. The van der Waals surface area contributed by atoms with Gasteiger partial charge in [-0.05, 0) is 48.9 Å². The number of aryl methyl sites for hydroxylation is 1. The summed E-state index contributed by atoms with van der Waals surface area (Å²) in [6.07, 6.45) is 0. The number of fused-ring (bicyclic) bond motifs is 1. The van der Waals surface area contributed by atoms with Crippen LogP contribution in [0.4, 0.5) is 5.69 Å². The maximum Gasteiger partial charge on any atom is 0.219 e. The molecule has 0 saturated heterocycles. The van der Waals surface area contributed by atoms with Gasteiger partial charge in [0.2, 0.25) is 5.88 Å². The van der Waals surface area contributed by atoms with E-state index >= 15 is 0 Å². The zero-order chi connectivity index (χ0) is 14.8. The van der Waals surface area contributed by atoms with Crippen molar-refractivity contribution in [3.05, 3.63) is 54.1 Å². The smallest absolute Gasteiger partial charge is 0.219 e. The Hall–Kier alpha value is -2.75. The maximum absolute atomic E-state index is 5.83. The molecule has 106 valence electrons. The maximum atomic E-state index is 5.83. The van der Waals surface area contributed by atoms with E-state index in [0.717, 1.165) is 22.2 Å². The fraction of sp³-hybridized carbons (Fsp3) is 0.118. The van der Waals surface area contributed by atoms with E-state index < -0.39 is 0 Å². The first-order chi connectivity index (χ1) is 10.2. The van der Waals surface area contributed by atoms with Crippen LogP contribution in [0, 0.1) is 6.92 Å². The molecule has 0 saturated carbocycles. The van der Waals surface area contributed by atoms with Gasteiger partial charge in [0, 0.05) is 17.1 Å². The molecule has 1 heterocycles. The second-order valence-electron chi connectivity index (χ2n) is 4.86. The van der Waals surface area contributed by atoms with Gasteiger partial charge >= 0.3 is 0 Å². The van der Waals surface area contributed by atoms with Crippen molar-refractivity contribution in [2.75, 3.05) is 12.8 Å². The van der Waals surface area contributed by atoms with Gasteiger partial charge in [-0.1, -0.05) is 6.07 Å². The van der Waals surface area contributed by atoms with Crippen molar-refractivity contribution >= 4 is 16.6 Å². The minimum Gasteiger partial charge on any atom is -0.493 e. The molecule has 3 aromatic rings. The zero-order valence-electron chi connectivity index (χ0n) is 12.0. The lowest BCUT2D eigenvalue weighted by Crippen LogP contribution is -1.93. The van der Waals surface area contributed by atoms with E-state index in [9.17, 15) is 0 Å². The molecule has 2 aromatic carbocycles. The molecule has 0 aliphatic rings. The number of nitrogens with zero attached hydrogens (tertiary/aromatic N) is 1. The Morgan fingerprint density at radius 1 is 0.952 bits per heavy atom. The molecule has 0 radical (unpaired) electrons. The summed E-state index contributed by atoms with van der Waals surface area (Å²) in [5.41, 5.74) is 8.44. The van der Waals surface area contributed by atoms with Gasteiger partial charge in [-0.15, -0.1) is 0 Å². The number of nitrogens with two attached hydrogens (primary N) is 1. The van der Waals surface area contributed by atoms with Gasteiger partial charge in [-0.2, -0.15) is 0 Å². The van der Waals surface area contributed by atoms with Crippen molar-refractivity contribution in [1.82, 2.24) is 4.98 Å². The van der Waals surface area contributed by atoms with Crippen molar-refractivity contribution < 1.29 is 9.47 Å². The van der Waals surface area contributed by atoms with E-state index in [4.69, 9.17) is 15.2 Å². The van der Waals surface area contributed by atoms with Crippen LogP contribution in [0.1, 0.15) is 5.56 Å². The molecular weight excluding hydrogens is 264 g/mol. The second-order valence-corrected chi connectivity index (χ2v) is 4.86. The molecular formula is C17H16N2O2. The normalized spacial score (nSPS) is 10.6. The van der Waals surface area contributed by atoms with Crippen molar-refractivity contribution in [2.24, 2.45) is 0 Å². The number of hydrogen-bond acceptors (Lipinski definition) is 4. The van der Waals surface area contributed by atoms with E-state index in [1.54, 1.807) is 7.11 Å². The van der Waals surface area contributed by atoms with Gasteiger partial charge in [0.25, 0.3) is 0 Å². The summed E-state index contributed by atoms with van der Waals surface area (Å²) < 4.78 is 11.2. The highest BCUT2D eigenvalue weighted by Gasteiger charge is 2.07. The van der Waals surface area contributed by atoms with E-state index in [-0.39, 0.29) is 0 Å². The molecule has 3 rings (SSSR count). The first-order valence-corrected chi connectivity index (χ1v) is 6.64. The van der Waals surface area contributed by atoms with Crippen LogP contribution in [0.15, 0.2) is 48.5 Å². The predicted octanol–water partition coefficient (Wildman–Crippen LogP) is 3.93. The zero-order valence-corrected chi connectivity index (χ0v) is 12.0. The number of benzene rings is 2. The molecule has 0 bridgehead atoms. The second kappa shape index (κ2) is 5.32. The van der Waals surface area contributed by atoms with Crippen molar-refractivity contribution in [2.45, 2.75) is 6.92 Å². The molecule has 0 amide bonds. The van der Waals surface area contributed by atoms with Crippen LogP contribution >= 0.6 is 0 Å². The summed E-state index contributed by atoms with van der Waals surface area (Å²) in [7, 11) is 1.62. The standard InChI is InChI=1S/C17H16N2O2/c1-11-3-7-15(16(9-11)20-2)21-17-8-4-12-10-13(18)5-6-14(12)19-17/h3-10H,18H2,1-2H3.